The normalized spacial score (nSPS) is 16.3. The van der Waals surface area contributed by atoms with Crippen molar-refractivity contribution in [2.45, 2.75) is 31.8 Å². The van der Waals surface area contributed by atoms with Crippen molar-refractivity contribution in [2.24, 2.45) is 0 Å². The minimum atomic E-state index is 0.309. The van der Waals surface area contributed by atoms with E-state index < -0.39 is 0 Å². The van der Waals surface area contributed by atoms with Crippen LogP contribution < -0.4 is 14.8 Å². The molecule has 0 amide bonds. The van der Waals surface area contributed by atoms with Crippen LogP contribution in [0.2, 0.25) is 0 Å². The number of nitrogens with one attached hydrogen (secondary N) is 1. The fourth-order valence-electron chi connectivity index (χ4n) is 4.73. The molecule has 0 spiro atoms. The zero-order valence-corrected chi connectivity index (χ0v) is 20.2. The summed E-state index contributed by atoms with van der Waals surface area (Å²) in [5.74, 6) is 3.09. The zero-order chi connectivity index (χ0) is 22.9. The Balaban J connectivity index is 1.17. The summed E-state index contributed by atoms with van der Waals surface area (Å²) in [4.78, 5) is 11.7. The predicted octanol–water partition coefficient (Wildman–Crippen LogP) is 4.61. The third kappa shape index (κ3) is 4.21. The number of aromatic nitrogens is 4. The number of piperidine rings is 1. The van der Waals surface area contributed by atoms with Crippen molar-refractivity contribution in [3.05, 3.63) is 76.3 Å². The molecular formula is C25H25BrN6O2. The molecule has 1 fully saturated rings. The van der Waals surface area contributed by atoms with Gasteiger partial charge in [-0.15, -0.1) is 0 Å². The summed E-state index contributed by atoms with van der Waals surface area (Å²) >= 11 is 3.61. The van der Waals surface area contributed by atoms with Crippen molar-refractivity contribution >= 4 is 27.4 Å². The Morgan fingerprint density at radius 3 is 2.85 bits per heavy atom. The van der Waals surface area contributed by atoms with Crippen molar-refractivity contribution in [2.75, 3.05) is 25.2 Å². The molecule has 5 heterocycles. The number of halogens is 1. The number of hydrogen-bond acceptors (Lipinski definition) is 7. The van der Waals surface area contributed by atoms with Gasteiger partial charge in [-0.25, -0.2) is 4.98 Å². The number of ether oxygens (including phenoxy) is 2. The molecule has 0 aliphatic carbocycles. The third-order valence-electron chi connectivity index (χ3n) is 6.52. The van der Waals surface area contributed by atoms with Crippen LogP contribution >= 0.6 is 15.9 Å². The molecule has 2 aliphatic rings. The highest BCUT2D eigenvalue weighted by Crippen LogP contribution is 2.37. The third-order valence-corrected chi connectivity index (χ3v) is 7.08. The van der Waals surface area contributed by atoms with E-state index in [0.717, 1.165) is 71.2 Å². The van der Waals surface area contributed by atoms with E-state index >= 15 is 0 Å². The fourth-order valence-corrected chi connectivity index (χ4v) is 5.08. The van der Waals surface area contributed by atoms with Gasteiger partial charge < -0.3 is 14.8 Å². The molecular weight excluding hydrogens is 496 g/mol. The Hall–Kier alpha value is -3.17. The van der Waals surface area contributed by atoms with E-state index in [0.29, 0.717) is 19.3 Å². The number of likely N-dealkylation sites (tertiary alicyclic amines) is 1. The molecule has 174 valence electrons. The molecule has 0 saturated carbocycles. The van der Waals surface area contributed by atoms with Crippen molar-refractivity contribution in [1.29, 1.82) is 0 Å². The zero-order valence-electron chi connectivity index (χ0n) is 18.7. The number of para-hydroxylation sites is 1. The minimum Gasteiger partial charge on any atom is -0.454 e. The second-order valence-electron chi connectivity index (χ2n) is 8.71. The Morgan fingerprint density at radius 1 is 1.09 bits per heavy atom. The van der Waals surface area contributed by atoms with Crippen LogP contribution in [-0.2, 0) is 13.1 Å². The molecule has 2 aliphatic heterocycles. The molecule has 0 bridgehead atoms. The van der Waals surface area contributed by atoms with Gasteiger partial charge in [-0.05, 0) is 59.6 Å². The van der Waals surface area contributed by atoms with Crippen LogP contribution in [0.1, 0.15) is 35.6 Å². The average Bonchev–Trinajstić information content (AvgIpc) is 3.51. The van der Waals surface area contributed by atoms with E-state index in [1.54, 1.807) is 12.4 Å². The second kappa shape index (κ2) is 9.23. The van der Waals surface area contributed by atoms with Crippen LogP contribution in [0.5, 0.6) is 11.5 Å². The van der Waals surface area contributed by atoms with Crippen LogP contribution in [0, 0.1) is 0 Å². The van der Waals surface area contributed by atoms with E-state index in [4.69, 9.17) is 14.5 Å². The van der Waals surface area contributed by atoms with Gasteiger partial charge in [-0.2, -0.15) is 9.61 Å². The van der Waals surface area contributed by atoms with E-state index in [1.807, 2.05) is 28.9 Å². The predicted molar refractivity (Wildman–Crippen MR) is 132 cm³/mol. The molecule has 0 radical (unpaired) electrons. The Kier molecular flexibility index (Phi) is 5.80. The topological polar surface area (TPSA) is 76.8 Å². The van der Waals surface area contributed by atoms with Crippen LogP contribution in [0.25, 0.3) is 5.65 Å². The highest BCUT2D eigenvalue weighted by atomic mass is 79.9. The molecule has 34 heavy (non-hydrogen) atoms. The number of rotatable bonds is 6. The summed E-state index contributed by atoms with van der Waals surface area (Å²) in [5.41, 5.74) is 4.26. The quantitative estimate of drug-likeness (QED) is 0.397. The number of anilines is 1. The molecule has 1 saturated heterocycles. The Labute approximate surface area is 206 Å². The summed E-state index contributed by atoms with van der Waals surface area (Å²) in [6.07, 6.45) is 7.58. The van der Waals surface area contributed by atoms with Crippen molar-refractivity contribution in [3.8, 4) is 11.5 Å². The number of benzene rings is 1. The maximum atomic E-state index is 5.69. The first-order chi connectivity index (χ1) is 16.7. The summed E-state index contributed by atoms with van der Waals surface area (Å²) in [5, 5.41) is 8.03. The van der Waals surface area contributed by atoms with E-state index in [-0.39, 0.29) is 0 Å². The number of hydrogen-bond donors (Lipinski definition) is 1. The summed E-state index contributed by atoms with van der Waals surface area (Å²) < 4.78 is 14.0. The van der Waals surface area contributed by atoms with E-state index in [1.165, 1.54) is 5.56 Å². The van der Waals surface area contributed by atoms with Crippen molar-refractivity contribution in [3.63, 3.8) is 0 Å². The number of fused-ring (bicyclic) bond motifs is 2. The van der Waals surface area contributed by atoms with Crippen molar-refractivity contribution < 1.29 is 9.47 Å². The van der Waals surface area contributed by atoms with E-state index in [2.05, 4.69) is 54.4 Å². The van der Waals surface area contributed by atoms with Gasteiger partial charge >= 0.3 is 0 Å². The lowest BCUT2D eigenvalue weighted by molar-refractivity contribution is 0.169. The first kappa shape index (κ1) is 21.4. The average molecular weight is 521 g/mol. The van der Waals surface area contributed by atoms with E-state index in [9.17, 15) is 0 Å². The molecule has 3 aromatic heterocycles. The molecule has 9 heteroatoms. The highest BCUT2D eigenvalue weighted by Gasteiger charge is 2.25. The molecule has 0 unspecified atom stereocenters. The maximum absolute atomic E-state index is 5.69. The van der Waals surface area contributed by atoms with Gasteiger partial charge in [0.05, 0.1) is 10.7 Å². The summed E-state index contributed by atoms with van der Waals surface area (Å²) in [7, 11) is 0. The fraction of sp³-hybridized carbons (Fsp3) is 0.320. The lowest BCUT2D eigenvalue weighted by atomic mass is 9.93. The van der Waals surface area contributed by atoms with Gasteiger partial charge in [0.2, 0.25) is 6.79 Å². The van der Waals surface area contributed by atoms with Gasteiger partial charge in [0.15, 0.2) is 17.1 Å². The largest absolute Gasteiger partial charge is 0.454 e. The van der Waals surface area contributed by atoms with Gasteiger partial charge in [0.25, 0.3) is 0 Å². The maximum Gasteiger partial charge on any atom is 0.231 e. The molecule has 6 rings (SSSR count). The molecule has 4 aromatic rings. The lowest BCUT2D eigenvalue weighted by Crippen LogP contribution is -2.32. The summed E-state index contributed by atoms with van der Waals surface area (Å²) in [6.45, 7) is 3.89. The standard InChI is InChI=1S/C25H25BrN6O2/c26-20-14-29-32-23(28-13-17-3-2-8-27-12-17)11-21(30-25(20)32)18-6-9-31(10-7-18)15-19-4-1-5-22-24(19)34-16-33-22/h1-5,8,11-12,14,18,28H,6-7,9-10,13,15-16H2. The van der Waals surface area contributed by atoms with Crippen molar-refractivity contribution in [1.82, 2.24) is 24.5 Å². The number of pyridine rings is 1. The molecule has 1 N–H and O–H groups in total. The van der Waals surface area contributed by atoms with Crippen LogP contribution in [0.4, 0.5) is 5.82 Å². The molecule has 1 aromatic carbocycles. The SMILES string of the molecule is Brc1cnn2c(NCc3cccnc3)cc(C3CCN(Cc4cccc5c4OCO5)CC3)nc12. The highest BCUT2D eigenvalue weighted by molar-refractivity contribution is 9.10. The van der Waals surface area contributed by atoms with Gasteiger partial charge in [0, 0.05) is 48.7 Å². The minimum absolute atomic E-state index is 0.309. The van der Waals surface area contributed by atoms with Crippen LogP contribution in [0.3, 0.4) is 0 Å². The molecule has 0 atom stereocenters. The van der Waals surface area contributed by atoms with Gasteiger partial charge in [-0.1, -0.05) is 18.2 Å². The molecule has 8 nitrogen and oxygen atoms in total. The Bertz CT molecular complexity index is 1300. The number of nitrogens with zero attached hydrogens (tertiary/aromatic N) is 5. The first-order valence-corrected chi connectivity index (χ1v) is 12.3. The summed E-state index contributed by atoms with van der Waals surface area (Å²) in [6, 6.07) is 12.3. The van der Waals surface area contributed by atoms with Gasteiger partial charge in [0.1, 0.15) is 5.82 Å². The first-order valence-electron chi connectivity index (χ1n) is 11.5. The second-order valence-corrected chi connectivity index (χ2v) is 9.56. The monoisotopic (exact) mass is 520 g/mol. The van der Waals surface area contributed by atoms with Crippen LogP contribution in [0.15, 0.2) is 59.5 Å². The van der Waals surface area contributed by atoms with Crippen LogP contribution in [-0.4, -0.2) is 44.4 Å². The smallest absolute Gasteiger partial charge is 0.231 e. The van der Waals surface area contributed by atoms with Gasteiger partial charge in [-0.3, -0.25) is 9.88 Å². The Morgan fingerprint density at radius 2 is 2.00 bits per heavy atom. The lowest BCUT2D eigenvalue weighted by Gasteiger charge is -2.32.